The van der Waals surface area contributed by atoms with Crippen molar-refractivity contribution in [2.24, 2.45) is 11.3 Å². The molecule has 9 rings (SSSR count). The van der Waals surface area contributed by atoms with Crippen molar-refractivity contribution < 1.29 is 23.0 Å². The summed E-state index contributed by atoms with van der Waals surface area (Å²) in [7, 11) is 3.56. The van der Waals surface area contributed by atoms with Crippen molar-refractivity contribution in [3.8, 4) is 17.3 Å². The fourth-order valence-electron chi connectivity index (χ4n) is 7.87. The maximum Gasteiger partial charge on any atom is 0.318 e. The Morgan fingerprint density at radius 2 is 2.00 bits per heavy atom. The van der Waals surface area contributed by atoms with Crippen molar-refractivity contribution in [3.63, 3.8) is 0 Å². The van der Waals surface area contributed by atoms with E-state index < -0.39 is 11.3 Å². The molecule has 2 saturated heterocycles. The summed E-state index contributed by atoms with van der Waals surface area (Å²) in [5.74, 6) is -1.82. The Labute approximate surface area is 275 Å². The third-order valence-electron chi connectivity index (χ3n) is 10.3. The molecule has 3 aromatic heterocycles. The summed E-state index contributed by atoms with van der Waals surface area (Å²) >= 11 is 6.86. The van der Waals surface area contributed by atoms with Crippen LogP contribution in [-0.4, -0.2) is 113 Å². The molecule has 0 spiro atoms. The average Bonchev–Trinajstić information content (AvgIpc) is 3.40. The molecule has 1 amide bonds. The van der Waals surface area contributed by atoms with Crippen molar-refractivity contribution in [1.82, 2.24) is 34.9 Å². The molecule has 4 aliphatic heterocycles. The van der Waals surface area contributed by atoms with Crippen LogP contribution in [0, 0.1) is 11.3 Å². The number of pyridine rings is 1. The maximum atomic E-state index is 14.6. The molecule has 1 aromatic carbocycles. The van der Waals surface area contributed by atoms with Crippen LogP contribution in [0.2, 0.25) is 5.02 Å². The van der Waals surface area contributed by atoms with Crippen LogP contribution in [0.1, 0.15) is 31.2 Å². The zero-order valence-electron chi connectivity index (χ0n) is 26.4. The number of aromatic nitrogens is 5. The van der Waals surface area contributed by atoms with Crippen LogP contribution >= 0.6 is 11.6 Å². The summed E-state index contributed by atoms with van der Waals surface area (Å²) in [4.78, 5) is 33.8. The number of piperidine rings is 1. The van der Waals surface area contributed by atoms with E-state index in [4.69, 9.17) is 36.0 Å². The fraction of sp³-hybridized carbons (Fsp3) is 0.545. The van der Waals surface area contributed by atoms with E-state index in [1.54, 1.807) is 31.4 Å². The number of benzene rings is 1. The largest absolute Gasteiger partial charge is 0.463 e. The van der Waals surface area contributed by atoms with Crippen molar-refractivity contribution in [2.75, 3.05) is 65.0 Å². The molecular weight excluding hydrogens is 630 g/mol. The molecule has 3 fully saturated rings. The van der Waals surface area contributed by atoms with Crippen molar-refractivity contribution in [1.29, 1.82) is 0 Å². The predicted octanol–water partition coefficient (Wildman–Crippen LogP) is 4.58. The summed E-state index contributed by atoms with van der Waals surface area (Å²) in [5.41, 5.74) is 2.43. The van der Waals surface area contributed by atoms with Gasteiger partial charge < -0.3 is 24.2 Å². The van der Waals surface area contributed by atoms with Gasteiger partial charge in [-0.25, -0.2) is 8.78 Å². The minimum Gasteiger partial charge on any atom is -0.463 e. The summed E-state index contributed by atoms with van der Waals surface area (Å²) in [6.45, 7) is 2.43. The van der Waals surface area contributed by atoms with Gasteiger partial charge in [0.15, 0.2) is 0 Å². The van der Waals surface area contributed by atoms with Crippen molar-refractivity contribution in [2.45, 2.75) is 44.1 Å². The average molecular weight is 667 g/mol. The lowest BCUT2D eigenvalue weighted by molar-refractivity contribution is -0.137. The van der Waals surface area contributed by atoms with Crippen LogP contribution < -0.4 is 9.64 Å². The van der Waals surface area contributed by atoms with Crippen LogP contribution in [0.15, 0.2) is 24.5 Å². The zero-order chi connectivity index (χ0) is 32.5. The fourth-order valence-corrected chi connectivity index (χ4v) is 8.17. The number of ether oxygens (including phenoxy) is 2. The summed E-state index contributed by atoms with van der Waals surface area (Å²) in [5, 5.41) is 9.43. The lowest BCUT2D eigenvalue weighted by atomic mass is 9.92. The van der Waals surface area contributed by atoms with Gasteiger partial charge in [-0.15, -0.1) is 0 Å². The number of alkyl halides is 2. The van der Waals surface area contributed by atoms with E-state index in [9.17, 15) is 13.6 Å². The lowest BCUT2D eigenvalue weighted by Crippen LogP contribution is -2.51. The standard InChI is InChI=1S/C33H37ClF2N8O3/c1-42(2)17-32(16-33(32,35)36)18-47-31-39-24-11-26-29-20(23(34)10-25-21(29)13-38-41-25)4-3-9-46-15-28(45)44-8-6-19-5-7-43(14-27(19)44)30(40-31)22(24)12-37-26/h10-13,19,27H,3-9,14-18H2,1-2H3,(H,38,41)/t19-,27-,32+/m0/s1. The van der Waals surface area contributed by atoms with E-state index in [0.29, 0.717) is 60.5 Å². The molecule has 3 atom stereocenters. The summed E-state index contributed by atoms with van der Waals surface area (Å²) < 4.78 is 41.3. The lowest BCUT2D eigenvalue weighted by Gasteiger charge is -2.39. The van der Waals surface area contributed by atoms with Gasteiger partial charge in [-0.1, -0.05) is 11.6 Å². The third-order valence-corrected chi connectivity index (χ3v) is 10.7. The van der Waals surface area contributed by atoms with Gasteiger partial charge in [0.1, 0.15) is 19.0 Å². The molecule has 248 valence electrons. The molecule has 4 aromatic rings. The van der Waals surface area contributed by atoms with Gasteiger partial charge in [0.2, 0.25) is 5.91 Å². The first-order valence-electron chi connectivity index (χ1n) is 16.2. The molecule has 1 saturated carbocycles. The minimum atomic E-state index is -2.82. The number of hydrogen-bond acceptors (Lipinski definition) is 9. The highest BCUT2D eigenvalue weighted by molar-refractivity contribution is 6.33. The van der Waals surface area contributed by atoms with Crippen LogP contribution in [0.5, 0.6) is 6.01 Å². The quantitative estimate of drug-likeness (QED) is 0.327. The number of nitrogens with zero attached hydrogens (tertiary/aromatic N) is 7. The van der Waals surface area contributed by atoms with Gasteiger partial charge in [-0.2, -0.15) is 15.1 Å². The van der Waals surface area contributed by atoms with Gasteiger partial charge in [0.25, 0.3) is 5.92 Å². The van der Waals surface area contributed by atoms with Gasteiger partial charge in [0, 0.05) is 61.4 Å². The second-order valence-corrected chi connectivity index (χ2v) is 14.1. The molecule has 6 bridgehead atoms. The number of amides is 1. The highest BCUT2D eigenvalue weighted by Gasteiger charge is 2.71. The molecular formula is C33H37ClF2N8O3. The van der Waals surface area contributed by atoms with E-state index in [2.05, 4.69) is 15.1 Å². The monoisotopic (exact) mass is 666 g/mol. The Balaban J connectivity index is 1.26. The van der Waals surface area contributed by atoms with Crippen LogP contribution in [-0.2, 0) is 16.0 Å². The number of fused-ring (bicyclic) bond motifs is 7. The molecule has 1 aliphatic carbocycles. The first kappa shape index (κ1) is 30.6. The molecule has 1 N–H and O–H groups in total. The van der Waals surface area contributed by atoms with E-state index in [1.807, 2.05) is 17.0 Å². The molecule has 0 unspecified atom stereocenters. The predicted molar refractivity (Wildman–Crippen MR) is 173 cm³/mol. The number of halogens is 3. The van der Waals surface area contributed by atoms with Crippen molar-refractivity contribution in [3.05, 3.63) is 35.1 Å². The smallest absolute Gasteiger partial charge is 0.318 e. The Morgan fingerprint density at radius 1 is 1.17 bits per heavy atom. The highest BCUT2D eigenvalue weighted by Crippen LogP contribution is 2.60. The van der Waals surface area contributed by atoms with Crippen LogP contribution in [0.4, 0.5) is 14.6 Å². The van der Waals surface area contributed by atoms with E-state index in [0.717, 1.165) is 46.8 Å². The molecule has 47 heavy (non-hydrogen) atoms. The van der Waals surface area contributed by atoms with E-state index in [-0.39, 0.29) is 44.1 Å². The first-order chi connectivity index (χ1) is 22.6. The number of anilines is 1. The SMILES string of the molecule is CN(C)C[C@@]1(COc2nc3c4cnc(cc4n2)-c2c(c(Cl)cc4[nH]ncc24)CCCOCC(=O)N2CC[C@@H]4CCN3C[C@@H]42)CC1(F)F. The van der Waals surface area contributed by atoms with Crippen molar-refractivity contribution >= 4 is 45.1 Å². The van der Waals surface area contributed by atoms with Gasteiger partial charge in [-0.05, 0) is 63.4 Å². The molecule has 14 heteroatoms. The number of H-pyrrole nitrogens is 1. The number of aromatic amines is 1. The Bertz CT molecular complexity index is 1870. The van der Waals surface area contributed by atoms with Crippen LogP contribution in [0.25, 0.3) is 33.1 Å². The molecule has 7 heterocycles. The third kappa shape index (κ3) is 5.36. The Kier molecular flexibility index (Phi) is 7.49. The topological polar surface area (TPSA) is 113 Å². The number of carbonyl (C=O) groups is 1. The Hall–Kier alpha value is -3.68. The van der Waals surface area contributed by atoms with Gasteiger partial charge in [-0.3, -0.25) is 14.9 Å². The zero-order valence-corrected chi connectivity index (χ0v) is 27.2. The van der Waals surface area contributed by atoms with E-state index >= 15 is 0 Å². The molecule has 5 aliphatic rings. The summed E-state index contributed by atoms with van der Waals surface area (Å²) in [6, 6.07) is 3.81. The highest BCUT2D eigenvalue weighted by atomic mass is 35.5. The van der Waals surface area contributed by atoms with Crippen LogP contribution in [0.3, 0.4) is 0 Å². The van der Waals surface area contributed by atoms with Gasteiger partial charge in [0.05, 0.1) is 39.8 Å². The number of nitrogens with one attached hydrogen (secondary N) is 1. The first-order valence-corrected chi connectivity index (χ1v) is 16.6. The van der Waals surface area contributed by atoms with Gasteiger partial charge >= 0.3 is 6.01 Å². The second-order valence-electron chi connectivity index (χ2n) is 13.7. The molecule has 0 radical (unpaired) electrons. The number of hydrogen-bond donors (Lipinski definition) is 1. The number of carbonyl (C=O) groups excluding carboxylic acids is 1. The summed E-state index contributed by atoms with van der Waals surface area (Å²) in [6.07, 6.45) is 6.38. The molecule has 11 nitrogen and oxygen atoms in total. The Morgan fingerprint density at radius 3 is 2.81 bits per heavy atom. The second kappa shape index (κ2) is 11.5. The maximum absolute atomic E-state index is 14.6. The minimum absolute atomic E-state index is 0.0128. The number of rotatable bonds is 5. The normalized spacial score (nSPS) is 25.6. The van der Waals surface area contributed by atoms with E-state index in [1.165, 1.54) is 0 Å².